The Morgan fingerprint density at radius 3 is 2.42 bits per heavy atom. The van der Waals surface area contributed by atoms with Crippen LogP contribution in [0.5, 0.6) is 0 Å². The fourth-order valence-electron chi connectivity index (χ4n) is 3.94. The molecule has 0 aliphatic carbocycles. The van der Waals surface area contributed by atoms with Crippen LogP contribution in [0.2, 0.25) is 5.02 Å². The number of hydrogen-bond acceptors (Lipinski definition) is 4. The molecule has 1 aliphatic rings. The van der Waals surface area contributed by atoms with Crippen molar-refractivity contribution in [3.05, 3.63) is 69.1 Å². The Bertz CT molecular complexity index is 1060. The monoisotopic (exact) mass is 442 g/mol. The highest BCUT2D eigenvalue weighted by Gasteiger charge is 2.36. The minimum Gasteiger partial charge on any atom is -0.465 e. The van der Waals surface area contributed by atoms with Gasteiger partial charge in [-0.3, -0.25) is 4.79 Å². The van der Waals surface area contributed by atoms with Crippen LogP contribution in [0, 0.1) is 13.8 Å². The summed E-state index contributed by atoms with van der Waals surface area (Å²) in [5.41, 5.74) is 5.06. The Labute approximate surface area is 187 Å². The Balaban J connectivity index is 2.05. The molecule has 0 saturated heterocycles. The van der Waals surface area contributed by atoms with E-state index in [2.05, 4.69) is 4.57 Å². The fourth-order valence-corrected chi connectivity index (χ4v) is 4.07. The van der Waals surface area contributed by atoms with Crippen molar-refractivity contribution < 1.29 is 19.1 Å². The highest BCUT2D eigenvalue weighted by molar-refractivity contribution is 6.30. The summed E-state index contributed by atoms with van der Waals surface area (Å²) in [4.78, 5) is 27.3. The van der Waals surface area contributed by atoms with Gasteiger partial charge in [-0.05, 0) is 69.2 Å². The van der Waals surface area contributed by atoms with Gasteiger partial charge in [0.25, 0.3) is 5.91 Å². The van der Waals surface area contributed by atoms with Gasteiger partial charge in [0.05, 0.1) is 18.3 Å². The zero-order valence-corrected chi connectivity index (χ0v) is 19.2. The molecule has 0 fully saturated rings. The first-order valence-corrected chi connectivity index (χ1v) is 10.4. The number of esters is 1. The van der Waals surface area contributed by atoms with Gasteiger partial charge < -0.3 is 18.9 Å². The van der Waals surface area contributed by atoms with E-state index in [1.807, 2.05) is 44.2 Å². The SMILES string of the molecule is COCCCN1C(=O)/C(=C\c2cc(C)n(-c3ccc(Cl)cc3)c2C)C(C(=O)OC)=C1C. The quantitative estimate of drug-likeness (QED) is 0.361. The predicted octanol–water partition coefficient (Wildman–Crippen LogP) is 4.46. The molecule has 0 atom stereocenters. The average Bonchev–Trinajstić information content (AvgIpc) is 3.15. The molecule has 164 valence electrons. The van der Waals surface area contributed by atoms with E-state index in [1.54, 1.807) is 25.0 Å². The third-order valence-electron chi connectivity index (χ3n) is 5.49. The van der Waals surface area contributed by atoms with Gasteiger partial charge in [0.2, 0.25) is 0 Å². The van der Waals surface area contributed by atoms with Crippen molar-refractivity contribution in [3.8, 4) is 5.69 Å². The zero-order chi connectivity index (χ0) is 22.7. The van der Waals surface area contributed by atoms with Crippen molar-refractivity contribution in [2.45, 2.75) is 27.2 Å². The number of halogens is 1. The number of rotatable bonds is 7. The van der Waals surface area contributed by atoms with Crippen molar-refractivity contribution in [1.29, 1.82) is 0 Å². The molecule has 0 radical (unpaired) electrons. The number of ether oxygens (including phenoxy) is 2. The van der Waals surface area contributed by atoms with Crippen molar-refractivity contribution in [2.75, 3.05) is 27.4 Å². The lowest BCUT2D eigenvalue weighted by Crippen LogP contribution is -2.26. The van der Waals surface area contributed by atoms with Gasteiger partial charge in [-0.15, -0.1) is 0 Å². The maximum atomic E-state index is 13.2. The predicted molar refractivity (Wildman–Crippen MR) is 121 cm³/mol. The molecule has 1 aliphatic heterocycles. The summed E-state index contributed by atoms with van der Waals surface area (Å²) in [6.45, 7) is 6.76. The second-order valence-electron chi connectivity index (χ2n) is 7.45. The lowest BCUT2D eigenvalue weighted by atomic mass is 10.0. The van der Waals surface area contributed by atoms with Crippen LogP contribution < -0.4 is 0 Å². The first-order chi connectivity index (χ1) is 14.8. The second-order valence-corrected chi connectivity index (χ2v) is 7.89. The lowest BCUT2D eigenvalue weighted by Gasteiger charge is -2.17. The number of amides is 1. The standard InChI is InChI=1S/C24H27ClN2O4/c1-15-13-18(16(2)27(15)20-9-7-19(25)8-10-20)14-21-22(24(29)31-5)17(3)26(23(21)28)11-6-12-30-4/h7-10,13-14H,6,11-12H2,1-5H3/b21-14-. The number of carbonyl (C=O) groups is 2. The van der Waals surface area contributed by atoms with Crippen LogP contribution in [0.3, 0.4) is 0 Å². The molecule has 2 aromatic rings. The summed E-state index contributed by atoms with van der Waals surface area (Å²) in [7, 11) is 2.95. The first-order valence-electron chi connectivity index (χ1n) is 10.1. The molecule has 0 spiro atoms. The number of aryl methyl sites for hydroxylation is 1. The van der Waals surface area contributed by atoms with Crippen LogP contribution in [0.15, 0.2) is 47.2 Å². The maximum Gasteiger partial charge on any atom is 0.340 e. The summed E-state index contributed by atoms with van der Waals surface area (Å²) in [5, 5.41) is 0.669. The van der Waals surface area contributed by atoms with Gasteiger partial charge in [-0.2, -0.15) is 0 Å². The summed E-state index contributed by atoms with van der Waals surface area (Å²) in [6, 6.07) is 9.58. The van der Waals surface area contributed by atoms with E-state index >= 15 is 0 Å². The summed E-state index contributed by atoms with van der Waals surface area (Å²) in [6.07, 6.45) is 2.45. The van der Waals surface area contributed by atoms with E-state index in [0.717, 1.165) is 22.6 Å². The van der Waals surface area contributed by atoms with Crippen molar-refractivity contribution in [3.63, 3.8) is 0 Å². The van der Waals surface area contributed by atoms with E-state index in [1.165, 1.54) is 7.11 Å². The molecule has 1 amide bonds. The number of aromatic nitrogens is 1. The third-order valence-corrected chi connectivity index (χ3v) is 5.74. The van der Waals surface area contributed by atoms with Crippen LogP contribution in [0.4, 0.5) is 0 Å². The highest BCUT2D eigenvalue weighted by atomic mass is 35.5. The Morgan fingerprint density at radius 2 is 1.81 bits per heavy atom. The number of hydrogen-bond donors (Lipinski definition) is 0. The summed E-state index contributed by atoms with van der Waals surface area (Å²) < 4.78 is 12.2. The van der Waals surface area contributed by atoms with Gasteiger partial charge in [0, 0.05) is 48.1 Å². The molecule has 1 aromatic heterocycles. The number of allylic oxidation sites excluding steroid dienone is 1. The largest absolute Gasteiger partial charge is 0.465 e. The molecular formula is C24H27ClN2O4. The number of benzene rings is 1. The molecule has 1 aromatic carbocycles. The van der Waals surface area contributed by atoms with Crippen LogP contribution in [-0.4, -0.2) is 48.7 Å². The molecule has 3 rings (SSSR count). The van der Waals surface area contributed by atoms with E-state index in [0.29, 0.717) is 41.4 Å². The van der Waals surface area contributed by atoms with Gasteiger partial charge in [-0.25, -0.2) is 4.79 Å². The van der Waals surface area contributed by atoms with Crippen LogP contribution in [0.1, 0.15) is 30.3 Å². The zero-order valence-electron chi connectivity index (χ0n) is 18.5. The summed E-state index contributed by atoms with van der Waals surface area (Å²) in [5.74, 6) is -0.719. The molecular weight excluding hydrogens is 416 g/mol. The topological polar surface area (TPSA) is 60.8 Å². The Kier molecular flexibility index (Phi) is 7.03. The normalized spacial score (nSPS) is 15.4. The van der Waals surface area contributed by atoms with Crippen molar-refractivity contribution in [1.82, 2.24) is 9.47 Å². The van der Waals surface area contributed by atoms with E-state index < -0.39 is 5.97 Å². The Hall–Kier alpha value is -2.83. The van der Waals surface area contributed by atoms with Crippen molar-refractivity contribution >= 4 is 29.6 Å². The number of methoxy groups -OCH3 is 2. The number of nitrogens with zero attached hydrogens (tertiary/aromatic N) is 2. The Morgan fingerprint density at radius 1 is 1.13 bits per heavy atom. The molecule has 0 unspecified atom stereocenters. The maximum absolute atomic E-state index is 13.2. The summed E-state index contributed by atoms with van der Waals surface area (Å²) >= 11 is 6.03. The van der Waals surface area contributed by atoms with Crippen LogP contribution >= 0.6 is 11.6 Å². The van der Waals surface area contributed by atoms with E-state index in [9.17, 15) is 9.59 Å². The van der Waals surface area contributed by atoms with Gasteiger partial charge >= 0.3 is 5.97 Å². The molecule has 6 nitrogen and oxygen atoms in total. The fraction of sp³-hybridized carbons (Fsp3) is 0.333. The first kappa shape index (κ1) is 22.8. The molecule has 31 heavy (non-hydrogen) atoms. The second kappa shape index (κ2) is 9.54. The van der Waals surface area contributed by atoms with Gasteiger partial charge in [0.15, 0.2) is 0 Å². The van der Waals surface area contributed by atoms with E-state index in [-0.39, 0.29) is 5.91 Å². The number of carbonyl (C=O) groups excluding carboxylic acids is 2. The molecule has 7 heteroatoms. The molecule has 2 heterocycles. The molecule has 0 bridgehead atoms. The van der Waals surface area contributed by atoms with Crippen LogP contribution in [-0.2, 0) is 19.1 Å². The van der Waals surface area contributed by atoms with Crippen molar-refractivity contribution in [2.24, 2.45) is 0 Å². The van der Waals surface area contributed by atoms with Gasteiger partial charge in [0.1, 0.15) is 0 Å². The minimum atomic E-state index is -0.516. The molecule has 0 saturated carbocycles. The third kappa shape index (κ3) is 4.45. The highest BCUT2D eigenvalue weighted by Crippen LogP contribution is 2.33. The lowest BCUT2D eigenvalue weighted by molar-refractivity contribution is -0.136. The average molecular weight is 443 g/mol. The molecule has 0 N–H and O–H groups in total. The van der Waals surface area contributed by atoms with E-state index in [4.69, 9.17) is 21.1 Å². The van der Waals surface area contributed by atoms with Crippen LogP contribution in [0.25, 0.3) is 11.8 Å². The smallest absolute Gasteiger partial charge is 0.340 e. The van der Waals surface area contributed by atoms with Gasteiger partial charge in [-0.1, -0.05) is 11.6 Å². The minimum absolute atomic E-state index is 0.203.